The highest BCUT2D eigenvalue weighted by Crippen LogP contribution is 2.16. The van der Waals surface area contributed by atoms with Gasteiger partial charge in [0.05, 0.1) is 0 Å². The van der Waals surface area contributed by atoms with Crippen molar-refractivity contribution in [3.63, 3.8) is 0 Å². The number of nitrogens with one attached hydrogen (secondary N) is 2. The number of likely N-dealkylation sites (N-methyl/N-ethyl adjacent to an activating group) is 1. The summed E-state index contributed by atoms with van der Waals surface area (Å²) in [5.74, 6) is 1.54. The molecule has 108 valence electrons. The molecule has 1 unspecified atom stereocenters. The first-order valence-corrected chi connectivity index (χ1v) is 7.12. The predicted molar refractivity (Wildman–Crippen MR) is 77.3 cm³/mol. The Hall–Kier alpha value is -1.89. The zero-order valence-corrected chi connectivity index (χ0v) is 11.9. The van der Waals surface area contributed by atoms with E-state index in [-0.39, 0.29) is 5.69 Å². The first-order valence-electron chi connectivity index (χ1n) is 7.12. The van der Waals surface area contributed by atoms with Gasteiger partial charge in [0.1, 0.15) is 11.6 Å². The van der Waals surface area contributed by atoms with Gasteiger partial charge in [0.25, 0.3) is 0 Å². The second kappa shape index (κ2) is 5.24. The van der Waals surface area contributed by atoms with Crippen molar-refractivity contribution in [1.82, 2.24) is 24.9 Å². The van der Waals surface area contributed by atoms with Crippen LogP contribution in [-0.4, -0.2) is 45.3 Å². The summed E-state index contributed by atoms with van der Waals surface area (Å²) in [6, 6.07) is 2.39. The maximum atomic E-state index is 11.6. The Morgan fingerprint density at radius 2 is 2.40 bits per heavy atom. The number of fused-ring (bicyclic) bond motifs is 1. The summed E-state index contributed by atoms with van der Waals surface area (Å²) in [5.41, 5.74) is 0.382. The highest BCUT2D eigenvalue weighted by molar-refractivity contribution is 5.51. The molecule has 0 amide bonds. The molecule has 1 fully saturated rings. The highest BCUT2D eigenvalue weighted by Gasteiger charge is 2.19. The molecule has 7 nitrogen and oxygen atoms in total. The van der Waals surface area contributed by atoms with E-state index in [1.807, 2.05) is 13.0 Å². The molecule has 1 atom stereocenters. The summed E-state index contributed by atoms with van der Waals surface area (Å²) in [6.45, 7) is 6.87. The molecule has 1 aliphatic heterocycles. The summed E-state index contributed by atoms with van der Waals surface area (Å²) in [5, 5.41) is 9.99. The van der Waals surface area contributed by atoms with E-state index in [0.717, 1.165) is 25.5 Å². The molecule has 20 heavy (non-hydrogen) atoms. The van der Waals surface area contributed by atoms with Crippen molar-refractivity contribution in [2.75, 3.05) is 24.5 Å². The molecule has 3 heterocycles. The van der Waals surface area contributed by atoms with E-state index >= 15 is 0 Å². The molecular weight excluding hydrogens is 256 g/mol. The van der Waals surface area contributed by atoms with Crippen molar-refractivity contribution in [3.8, 4) is 0 Å². The molecule has 1 saturated heterocycles. The standard InChI is InChI=1S/C13H20N6O/c1-3-18(8-10-5-4-6-14-10)11-7-12-16-17-13(20)19(12)9(2)15-11/h7,10,14H,3-6,8H2,1-2H3,(H,17,20). The van der Waals surface area contributed by atoms with Gasteiger partial charge in [-0.3, -0.25) is 0 Å². The Labute approximate surface area is 117 Å². The molecule has 0 radical (unpaired) electrons. The summed E-state index contributed by atoms with van der Waals surface area (Å²) in [4.78, 5) is 18.4. The molecule has 0 saturated carbocycles. The minimum Gasteiger partial charge on any atom is -0.355 e. The van der Waals surface area contributed by atoms with Gasteiger partial charge < -0.3 is 10.2 Å². The predicted octanol–water partition coefficient (Wildman–Crippen LogP) is 0.304. The van der Waals surface area contributed by atoms with Crippen LogP contribution in [0.1, 0.15) is 25.6 Å². The van der Waals surface area contributed by atoms with E-state index in [1.165, 1.54) is 17.2 Å². The van der Waals surface area contributed by atoms with Crippen LogP contribution in [0.2, 0.25) is 0 Å². The fourth-order valence-corrected chi connectivity index (χ4v) is 2.81. The molecule has 2 N–H and O–H groups in total. The maximum Gasteiger partial charge on any atom is 0.349 e. The van der Waals surface area contributed by atoms with Gasteiger partial charge in [-0.05, 0) is 33.2 Å². The van der Waals surface area contributed by atoms with Gasteiger partial charge in [-0.2, -0.15) is 5.10 Å². The van der Waals surface area contributed by atoms with E-state index in [1.54, 1.807) is 0 Å². The molecule has 7 heteroatoms. The molecule has 1 aliphatic rings. The van der Waals surface area contributed by atoms with Crippen molar-refractivity contribution in [1.29, 1.82) is 0 Å². The van der Waals surface area contributed by atoms with E-state index in [4.69, 9.17) is 0 Å². The van der Waals surface area contributed by atoms with Gasteiger partial charge in [0, 0.05) is 25.2 Å². The number of H-pyrrole nitrogens is 1. The third-order valence-corrected chi connectivity index (χ3v) is 3.87. The number of anilines is 1. The smallest absolute Gasteiger partial charge is 0.349 e. The Morgan fingerprint density at radius 3 is 3.10 bits per heavy atom. The third kappa shape index (κ3) is 2.29. The molecule has 0 aliphatic carbocycles. The monoisotopic (exact) mass is 276 g/mol. The van der Waals surface area contributed by atoms with Gasteiger partial charge in [-0.15, -0.1) is 0 Å². The van der Waals surface area contributed by atoms with E-state index in [2.05, 4.69) is 32.3 Å². The first kappa shape index (κ1) is 13.1. The zero-order valence-electron chi connectivity index (χ0n) is 11.9. The Balaban J connectivity index is 1.92. The lowest BCUT2D eigenvalue weighted by atomic mass is 10.2. The summed E-state index contributed by atoms with van der Waals surface area (Å²) < 4.78 is 1.49. The molecule has 0 bridgehead atoms. The largest absolute Gasteiger partial charge is 0.355 e. The Bertz CT molecular complexity index is 654. The van der Waals surface area contributed by atoms with Gasteiger partial charge in [0.2, 0.25) is 0 Å². The van der Waals surface area contributed by atoms with Crippen LogP contribution in [0.3, 0.4) is 0 Å². The number of nitrogens with zero attached hydrogens (tertiary/aromatic N) is 4. The topological polar surface area (TPSA) is 78.3 Å². The molecule has 0 aromatic carbocycles. The average molecular weight is 276 g/mol. The van der Waals surface area contributed by atoms with Crippen LogP contribution in [0.15, 0.2) is 10.9 Å². The summed E-state index contributed by atoms with van der Waals surface area (Å²) in [6.07, 6.45) is 2.45. The molecule has 3 rings (SSSR count). The number of aromatic amines is 1. The zero-order chi connectivity index (χ0) is 14.1. The van der Waals surface area contributed by atoms with Gasteiger partial charge >= 0.3 is 5.69 Å². The van der Waals surface area contributed by atoms with Crippen molar-refractivity contribution >= 4 is 11.5 Å². The van der Waals surface area contributed by atoms with Crippen molar-refractivity contribution < 1.29 is 0 Å². The van der Waals surface area contributed by atoms with Gasteiger partial charge in [0.15, 0.2) is 5.65 Å². The Kier molecular flexibility index (Phi) is 3.43. The van der Waals surface area contributed by atoms with Crippen LogP contribution in [0.5, 0.6) is 0 Å². The third-order valence-electron chi connectivity index (χ3n) is 3.87. The summed E-state index contributed by atoms with van der Waals surface area (Å²) >= 11 is 0. The van der Waals surface area contributed by atoms with Crippen LogP contribution < -0.4 is 15.9 Å². The fourth-order valence-electron chi connectivity index (χ4n) is 2.81. The van der Waals surface area contributed by atoms with Crippen LogP contribution in [-0.2, 0) is 0 Å². The molecule has 2 aromatic heterocycles. The van der Waals surface area contributed by atoms with E-state index in [0.29, 0.717) is 17.5 Å². The highest BCUT2D eigenvalue weighted by atomic mass is 16.1. The number of aromatic nitrogens is 4. The summed E-state index contributed by atoms with van der Waals surface area (Å²) in [7, 11) is 0. The molecular formula is C13H20N6O. The van der Waals surface area contributed by atoms with Crippen molar-refractivity contribution in [2.24, 2.45) is 0 Å². The van der Waals surface area contributed by atoms with Gasteiger partial charge in [-0.1, -0.05) is 0 Å². The Morgan fingerprint density at radius 1 is 1.55 bits per heavy atom. The van der Waals surface area contributed by atoms with Crippen molar-refractivity contribution in [2.45, 2.75) is 32.7 Å². The van der Waals surface area contributed by atoms with Crippen molar-refractivity contribution in [3.05, 3.63) is 22.4 Å². The maximum absolute atomic E-state index is 11.6. The fraction of sp³-hybridized carbons (Fsp3) is 0.615. The number of hydrogen-bond donors (Lipinski definition) is 2. The molecule has 2 aromatic rings. The SMILES string of the molecule is CCN(CC1CCCN1)c1cc2n[nH]c(=O)n2c(C)n1. The van der Waals surface area contributed by atoms with Crippen LogP contribution >= 0.6 is 0 Å². The lowest BCUT2D eigenvalue weighted by Crippen LogP contribution is -2.38. The van der Waals surface area contributed by atoms with Gasteiger partial charge in [-0.25, -0.2) is 19.3 Å². The van der Waals surface area contributed by atoms with Crippen LogP contribution in [0.25, 0.3) is 5.65 Å². The second-order valence-electron chi connectivity index (χ2n) is 5.22. The molecule has 0 spiro atoms. The van der Waals surface area contributed by atoms with Crippen LogP contribution in [0.4, 0.5) is 5.82 Å². The number of hydrogen-bond acceptors (Lipinski definition) is 5. The number of rotatable bonds is 4. The lowest BCUT2D eigenvalue weighted by molar-refractivity contribution is 0.583. The minimum absolute atomic E-state index is 0.239. The lowest BCUT2D eigenvalue weighted by Gasteiger charge is -2.25. The first-order chi connectivity index (χ1) is 9.69. The normalized spacial score (nSPS) is 18.8. The quantitative estimate of drug-likeness (QED) is 0.840. The van der Waals surface area contributed by atoms with Crippen LogP contribution in [0, 0.1) is 6.92 Å². The van der Waals surface area contributed by atoms with E-state index < -0.39 is 0 Å². The minimum atomic E-state index is -0.239. The second-order valence-corrected chi connectivity index (χ2v) is 5.22. The average Bonchev–Trinajstić information content (AvgIpc) is 3.06. The van der Waals surface area contributed by atoms with E-state index in [9.17, 15) is 4.79 Å². The number of aryl methyl sites for hydroxylation is 1.